The lowest BCUT2D eigenvalue weighted by atomic mass is 10.0. The molecule has 17 heavy (non-hydrogen) atoms. The Kier molecular flexibility index (Phi) is 4.15. The van der Waals surface area contributed by atoms with Crippen LogP contribution in [0.1, 0.15) is 25.3 Å². The molecule has 1 N–H and O–H groups in total. The average molecular weight is 236 g/mol. The van der Waals surface area contributed by atoms with E-state index in [1.165, 1.54) is 5.56 Å². The fourth-order valence-electron chi connectivity index (χ4n) is 2.03. The van der Waals surface area contributed by atoms with E-state index in [4.69, 9.17) is 14.6 Å². The van der Waals surface area contributed by atoms with Gasteiger partial charge in [0, 0.05) is 6.61 Å². The molecule has 0 aromatic heterocycles. The number of benzene rings is 1. The molecule has 1 saturated heterocycles. The molecule has 1 aromatic rings. The normalized spacial score (nSPS) is 27.1. The van der Waals surface area contributed by atoms with E-state index in [0.717, 1.165) is 19.4 Å². The summed E-state index contributed by atoms with van der Waals surface area (Å²) in [4.78, 5) is 0. The van der Waals surface area contributed by atoms with Crippen molar-refractivity contribution in [3.63, 3.8) is 0 Å². The first-order valence-corrected chi connectivity index (χ1v) is 6.15. The van der Waals surface area contributed by atoms with E-state index in [1.807, 2.05) is 25.1 Å². The van der Waals surface area contributed by atoms with Crippen LogP contribution in [0.15, 0.2) is 30.3 Å². The van der Waals surface area contributed by atoms with Gasteiger partial charge >= 0.3 is 0 Å². The zero-order chi connectivity index (χ0) is 12.1. The van der Waals surface area contributed by atoms with Gasteiger partial charge in [0.25, 0.3) is 0 Å². The topological polar surface area (TPSA) is 42.0 Å². The first-order valence-electron chi connectivity index (χ1n) is 6.15. The predicted octanol–water partition coefficient (Wildman–Crippen LogP) is 2.13. The number of aliphatic hydroxyl groups is 1. The van der Waals surface area contributed by atoms with Crippen molar-refractivity contribution in [2.75, 3.05) is 13.2 Å². The Labute approximate surface area is 102 Å². The third-order valence-electron chi connectivity index (χ3n) is 3.27. The molecule has 1 aliphatic heterocycles. The summed E-state index contributed by atoms with van der Waals surface area (Å²) in [5.74, 6) is 0. The van der Waals surface area contributed by atoms with Crippen LogP contribution in [-0.4, -0.2) is 30.0 Å². The van der Waals surface area contributed by atoms with Gasteiger partial charge in [-0.25, -0.2) is 0 Å². The van der Waals surface area contributed by atoms with Crippen LogP contribution in [-0.2, 0) is 16.1 Å². The van der Waals surface area contributed by atoms with Gasteiger partial charge in [-0.05, 0) is 25.3 Å². The van der Waals surface area contributed by atoms with Crippen LogP contribution in [0.5, 0.6) is 0 Å². The third-order valence-corrected chi connectivity index (χ3v) is 3.27. The average Bonchev–Trinajstić information content (AvgIpc) is 3.02. The lowest BCUT2D eigenvalue weighted by Gasteiger charge is -2.07. The predicted molar refractivity (Wildman–Crippen MR) is 65.7 cm³/mol. The summed E-state index contributed by atoms with van der Waals surface area (Å²) in [6, 6.07) is 10.2. The molecule has 3 heteroatoms. The Hall–Kier alpha value is -0.900. The van der Waals surface area contributed by atoms with Crippen molar-refractivity contribution in [3.8, 4) is 0 Å². The number of hydrogen-bond donors (Lipinski definition) is 1. The van der Waals surface area contributed by atoms with Crippen LogP contribution in [0, 0.1) is 0 Å². The molecule has 1 heterocycles. The second-order valence-electron chi connectivity index (χ2n) is 4.74. The van der Waals surface area contributed by atoms with Gasteiger partial charge in [-0.15, -0.1) is 0 Å². The molecular formula is C14H20O3. The van der Waals surface area contributed by atoms with Crippen LogP contribution < -0.4 is 0 Å². The maximum atomic E-state index is 8.94. The summed E-state index contributed by atoms with van der Waals surface area (Å²) in [5, 5.41) is 8.94. The highest BCUT2D eigenvalue weighted by Gasteiger charge is 2.50. The standard InChI is InChI=1S/C14H20O3/c1-14(13(10-15)17-14)8-5-9-16-11-12-6-3-2-4-7-12/h2-4,6-7,13,15H,5,8-11H2,1H3/t13-,14-/m0/s1. The molecule has 0 radical (unpaired) electrons. The Morgan fingerprint density at radius 1 is 1.35 bits per heavy atom. The van der Waals surface area contributed by atoms with E-state index in [0.29, 0.717) is 6.61 Å². The molecule has 3 nitrogen and oxygen atoms in total. The monoisotopic (exact) mass is 236 g/mol. The lowest BCUT2D eigenvalue weighted by Crippen LogP contribution is -2.13. The summed E-state index contributed by atoms with van der Waals surface area (Å²) in [6.45, 7) is 3.58. The minimum absolute atomic E-state index is 0.0385. The summed E-state index contributed by atoms with van der Waals surface area (Å²) >= 11 is 0. The first-order chi connectivity index (χ1) is 8.24. The van der Waals surface area contributed by atoms with E-state index in [1.54, 1.807) is 0 Å². The van der Waals surface area contributed by atoms with E-state index in [2.05, 4.69) is 12.1 Å². The van der Waals surface area contributed by atoms with Crippen molar-refractivity contribution >= 4 is 0 Å². The zero-order valence-electron chi connectivity index (χ0n) is 10.3. The van der Waals surface area contributed by atoms with Crippen molar-refractivity contribution < 1.29 is 14.6 Å². The molecule has 0 bridgehead atoms. The van der Waals surface area contributed by atoms with Gasteiger partial charge in [-0.2, -0.15) is 0 Å². The second-order valence-corrected chi connectivity index (χ2v) is 4.74. The Balaban J connectivity index is 1.56. The number of hydrogen-bond acceptors (Lipinski definition) is 3. The van der Waals surface area contributed by atoms with Gasteiger partial charge < -0.3 is 14.6 Å². The van der Waals surface area contributed by atoms with Crippen molar-refractivity contribution in [2.24, 2.45) is 0 Å². The molecule has 1 aliphatic rings. The minimum Gasteiger partial charge on any atom is -0.394 e. The second kappa shape index (κ2) is 5.63. The van der Waals surface area contributed by atoms with Crippen LogP contribution in [0.2, 0.25) is 0 Å². The summed E-state index contributed by atoms with van der Waals surface area (Å²) < 4.78 is 11.0. The minimum atomic E-state index is -0.106. The summed E-state index contributed by atoms with van der Waals surface area (Å²) in [7, 11) is 0. The molecule has 0 aliphatic carbocycles. The Bertz CT molecular complexity index is 339. The number of rotatable bonds is 7. The van der Waals surface area contributed by atoms with Gasteiger partial charge in [0.2, 0.25) is 0 Å². The van der Waals surface area contributed by atoms with Crippen LogP contribution >= 0.6 is 0 Å². The van der Waals surface area contributed by atoms with Gasteiger partial charge in [0.15, 0.2) is 0 Å². The van der Waals surface area contributed by atoms with Crippen LogP contribution in [0.4, 0.5) is 0 Å². The number of ether oxygens (including phenoxy) is 2. The molecule has 2 atom stereocenters. The molecule has 0 saturated carbocycles. The molecule has 0 amide bonds. The lowest BCUT2D eigenvalue weighted by molar-refractivity contribution is 0.112. The van der Waals surface area contributed by atoms with Crippen molar-refractivity contribution in [3.05, 3.63) is 35.9 Å². The maximum absolute atomic E-state index is 8.94. The smallest absolute Gasteiger partial charge is 0.110 e. The maximum Gasteiger partial charge on any atom is 0.110 e. The fourth-order valence-corrected chi connectivity index (χ4v) is 2.03. The Morgan fingerprint density at radius 3 is 2.76 bits per heavy atom. The highest BCUT2D eigenvalue weighted by atomic mass is 16.6. The third kappa shape index (κ3) is 3.53. The number of aliphatic hydroxyl groups excluding tert-OH is 1. The molecule has 2 rings (SSSR count). The van der Waals surface area contributed by atoms with E-state index in [9.17, 15) is 0 Å². The molecule has 0 unspecified atom stereocenters. The molecule has 94 valence electrons. The molecular weight excluding hydrogens is 216 g/mol. The highest BCUT2D eigenvalue weighted by Crippen LogP contribution is 2.39. The van der Waals surface area contributed by atoms with Gasteiger partial charge in [0.1, 0.15) is 6.10 Å². The van der Waals surface area contributed by atoms with Gasteiger partial charge in [-0.1, -0.05) is 30.3 Å². The van der Waals surface area contributed by atoms with E-state index < -0.39 is 0 Å². The van der Waals surface area contributed by atoms with E-state index in [-0.39, 0.29) is 18.3 Å². The highest BCUT2D eigenvalue weighted by molar-refractivity contribution is 5.13. The summed E-state index contributed by atoms with van der Waals surface area (Å²) in [6.07, 6.45) is 1.96. The molecule has 0 spiro atoms. The number of epoxide rings is 1. The Morgan fingerprint density at radius 2 is 2.12 bits per heavy atom. The molecule has 1 fully saturated rings. The van der Waals surface area contributed by atoms with Crippen molar-refractivity contribution in [1.29, 1.82) is 0 Å². The molecule has 1 aromatic carbocycles. The fraction of sp³-hybridized carbons (Fsp3) is 0.571. The van der Waals surface area contributed by atoms with Crippen LogP contribution in [0.3, 0.4) is 0 Å². The van der Waals surface area contributed by atoms with Crippen molar-refractivity contribution in [1.82, 2.24) is 0 Å². The van der Waals surface area contributed by atoms with Gasteiger partial charge in [-0.3, -0.25) is 0 Å². The quantitative estimate of drug-likeness (QED) is 0.582. The SMILES string of the molecule is C[C@@]1(CCCOCc2ccccc2)O[C@H]1CO. The largest absolute Gasteiger partial charge is 0.394 e. The van der Waals surface area contributed by atoms with Crippen LogP contribution in [0.25, 0.3) is 0 Å². The van der Waals surface area contributed by atoms with Crippen molar-refractivity contribution in [2.45, 2.75) is 38.1 Å². The van der Waals surface area contributed by atoms with Gasteiger partial charge in [0.05, 0.1) is 18.8 Å². The van der Waals surface area contributed by atoms with E-state index >= 15 is 0 Å². The zero-order valence-corrected chi connectivity index (χ0v) is 10.3. The summed E-state index contributed by atoms with van der Waals surface area (Å²) in [5.41, 5.74) is 1.10. The first kappa shape index (κ1) is 12.6.